The topological polar surface area (TPSA) is 101 Å². The van der Waals surface area contributed by atoms with Gasteiger partial charge < -0.3 is 9.73 Å². The summed E-state index contributed by atoms with van der Waals surface area (Å²) in [6.07, 6.45) is 4.89. The molecule has 1 aliphatic rings. The molecule has 0 radical (unpaired) electrons. The monoisotopic (exact) mass is 407 g/mol. The number of nitrogens with one attached hydrogen (secondary N) is 2. The second-order valence-corrected chi connectivity index (χ2v) is 7.83. The maximum absolute atomic E-state index is 12.1. The predicted octanol–water partition coefficient (Wildman–Crippen LogP) is 3.96. The van der Waals surface area contributed by atoms with Crippen molar-refractivity contribution in [1.82, 2.24) is 15.6 Å². The van der Waals surface area contributed by atoms with Crippen LogP contribution in [0.1, 0.15) is 30.0 Å². The number of rotatable bonds is 4. The third-order valence-corrected chi connectivity index (χ3v) is 5.05. The molecule has 4 rings (SSSR count). The maximum Gasteiger partial charge on any atom is 0.290 e. The van der Waals surface area contributed by atoms with Crippen LogP contribution in [-0.4, -0.2) is 28.1 Å². The molecule has 3 heterocycles. The zero-order valence-corrected chi connectivity index (χ0v) is 16.5. The van der Waals surface area contributed by atoms with E-state index in [-0.39, 0.29) is 16.9 Å². The first kappa shape index (κ1) is 18.9. The number of carbonyl (C=O) groups is 3. The molecule has 3 amide bonds. The molecule has 1 aliphatic heterocycles. The molecule has 8 heteroatoms. The molecule has 0 atom stereocenters. The normalized spacial score (nSPS) is 15.3. The summed E-state index contributed by atoms with van der Waals surface area (Å²) >= 11 is 0.835. The summed E-state index contributed by atoms with van der Waals surface area (Å²) in [7, 11) is 0. The second kappa shape index (κ2) is 7.56. The zero-order valence-electron chi connectivity index (χ0n) is 15.7. The van der Waals surface area contributed by atoms with Crippen LogP contribution < -0.4 is 10.6 Å². The predicted molar refractivity (Wildman–Crippen MR) is 111 cm³/mol. The van der Waals surface area contributed by atoms with Crippen molar-refractivity contribution in [3.63, 3.8) is 0 Å². The third kappa shape index (κ3) is 3.93. The first-order valence-corrected chi connectivity index (χ1v) is 9.76. The number of fused-ring (bicyclic) bond motifs is 1. The molecule has 1 fully saturated rings. The van der Waals surface area contributed by atoms with E-state index in [1.54, 1.807) is 30.6 Å². The van der Waals surface area contributed by atoms with Gasteiger partial charge in [-0.15, -0.1) is 0 Å². The number of nitrogens with zero attached hydrogens (tertiary/aromatic N) is 1. The smallest absolute Gasteiger partial charge is 0.290 e. The van der Waals surface area contributed by atoms with Crippen LogP contribution in [0, 0.1) is 0 Å². The number of benzene rings is 1. The van der Waals surface area contributed by atoms with Crippen LogP contribution in [-0.2, 0) is 4.79 Å². The fraction of sp³-hybridized carbons (Fsp3) is 0.143. The first-order valence-electron chi connectivity index (χ1n) is 8.94. The van der Waals surface area contributed by atoms with Crippen LogP contribution in [0.25, 0.3) is 28.2 Å². The average molecular weight is 407 g/mol. The summed E-state index contributed by atoms with van der Waals surface area (Å²) in [4.78, 5) is 39.7. The second-order valence-electron chi connectivity index (χ2n) is 6.81. The molecule has 2 N–H and O–H groups in total. The number of furan rings is 1. The van der Waals surface area contributed by atoms with E-state index in [1.807, 2.05) is 26.0 Å². The lowest BCUT2D eigenvalue weighted by molar-refractivity contribution is -0.115. The first-order chi connectivity index (χ1) is 13.9. The molecule has 0 bridgehead atoms. The van der Waals surface area contributed by atoms with E-state index in [9.17, 15) is 14.4 Å². The van der Waals surface area contributed by atoms with Gasteiger partial charge in [0, 0.05) is 41.0 Å². The lowest BCUT2D eigenvalue weighted by Gasteiger charge is -2.09. The number of amides is 3. The van der Waals surface area contributed by atoms with Crippen molar-refractivity contribution in [3.05, 3.63) is 59.0 Å². The highest BCUT2D eigenvalue weighted by Crippen LogP contribution is 2.32. The minimum atomic E-state index is -0.436. The van der Waals surface area contributed by atoms with Gasteiger partial charge in [0.05, 0.1) is 4.91 Å². The Bertz CT molecular complexity index is 1160. The number of pyridine rings is 1. The highest BCUT2D eigenvalue weighted by Gasteiger charge is 2.25. The van der Waals surface area contributed by atoms with Gasteiger partial charge in [-0.25, -0.2) is 0 Å². The number of imide groups is 1. The molecule has 0 spiro atoms. The van der Waals surface area contributed by atoms with Crippen LogP contribution in [0.5, 0.6) is 0 Å². The number of aromatic nitrogens is 1. The van der Waals surface area contributed by atoms with Gasteiger partial charge in [0.25, 0.3) is 17.1 Å². The maximum atomic E-state index is 12.1. The van der Waals surface area contributed by atoms with Crippen LogP contribution in [0.2, 0.25) is 0 Å². The molecular weight excluding hydrogens is 390 g/mol. The minimum absolute atomic E-state index is 0.0613. The number of hydrogen-bond acceptors (Lipinski definition) is 6. The van der Waals surface area contributed by atoms with E-state index >= 15 is 0 Å². The Morgan fingerprint density at radius 3 is 2.62 bits per heavy atom. The fourth-order valence-corrected chi connectivity index (χ4v) is 3.62. The van der Waals surface area contributed by atoms with E-state index in [0.717, 1.165) is 28.3 Å². The molecule has 0 unspecified atom stereocenters. The van der Waals surface area contributed by atoms with Crippen LogP contribution in [0.15, 0.2) is 52.0 Å². The highest BCUT2D eigenvalue weighted by molar-refractivity contribution is 8.18. The van der Waals surface area contributed by atoms with E-state index in [0.29, 0.717) is 16.9 Å². The van der Waals surface area contributed by atoms with Gasteiger partial charge in [-0.1, -0.05) is 12.1 Å². The quantitative estimate of drug-likeness (QED) is 0.635. The van der Waals surface area contributed by atoms with Crippen LogP contribution in [0.4, 0.5) is 4.79 Å². The van der Waals surface area contributed by atoms with Crippen LogP contribution >= 0.6 is 11.8 Å². The summed E-state index contributed by atoms with van der Waals surface area (Å²) in [6.45, 7) is 3.82. The number of carbonyl (C=O) groups excluding carboxylic acids is 3. The molecular formula is C21H17N3O4S. The average Bonchev–Trinajstić information content (AvgIpc) is 3.23. The zero-order chi connectivity index (χ0) is 20.5. The van der Waals surface area contributed by atoms with Gasteiger partial charge >= 0.3 is 0 Å². The molecule has 2 aromatic heterocycles. The molecule has 1 aromatic carbocycles. The van der Waals surface area contributed by atoms with Gasteiger partial charge in [-0.05, 0) is 49.4 Å². The lowest BCUT2D eigenvalue weighted by atomic mass is 10.0. The Labute approximate surface area is 170 Å². The van der Waals surface area contributed by atoms with Crippen molar-refractivity contribution in [2.24, 2.45) is 0 Å². The standard InChI is InChI=1S/C21H17N3O4S/c1-11(2)23-19(25)13-5-3-12(4-6-13)16-10-22-9-14-7-15(28-18(14)16)8-17-20(26)24-21(27)29-17/h3-11H,1-2H3,(H,23,25)(H,24,26,27)/b17-8-. The molecule has 29 heavy (non-hydrogen) atoms. The van der Waals surface area contributed by atoms with Gasteiger partial charge in [-0.3, -0.25) is 24.7 Å². The highest BCUT2D eigenvalue weighted by atomic mass is 32.2. The lowest BCUT2D eigenvalue weighted by Crippen LogP contribution is -2.29. The van der Waals surface area contributed by atoms with Gasteiger partial charge in [0.2, 0.25) is 0 Å². The SMILES string of the molecule is CC(C)NC(=O)c1ccc(-c2cncc3cc(/C=C4\SC(=O)NC4=O)oc23)cc1. The molecule has 3 aromatic rings. The Kier molecular flexibility index (Phi) is 4.94. The molecule has 1 saturated heterocycles. The van der Waals surface area contributed by atoms with Crippen molar-refractivity contribution in [3.8, 4) is 11.1 Å². The van der Waals surface area contributed by atoms with E-state index < -0.39 is 11.1 Å². The summed E-state index contributed by atoms with van der Waals surface area (Å²) in [5.41, 5.74) is 2.80. The molecule has 0 saturated carbocycles. The molecule has 146 valence electrons. The van der Waals surface area contributed by atoms with E-state index in [1.165, 1.54) is 6.08 Å². The largest absolute Gasteiger partial charge is 0.456 e. The minimum Gasteiger partial charge on any atom is -0.456 e. The van der Waals surface area contributed by atoms with Gasteiger partial charge in [-0.2, -0.15) is 0 Å². The Balaban J connectivity index is 1.67. The van der Waals surface area contributed by atoms with Gasteiger partial charge in [0.15, 0.2) is 0 Å². The van der Waals surface area contributed by atoms with E-state index in [4.69, 9.17) is 4.42 Å². The summed E-state index contributed by atoms with van der Waals surface area (Å²) in [6, 6.07) is 9.01. The van der Waals surface area contributed by atoms with Crippen molar-refractivity contribution >= 4 is 45.9 Å². The number of thioether (sulfide) groups is 1. The van der Waals surface area contributed by atoms with Gasteiger partial charge in [0.1, 0.15) is 11.3 Å². The Morgan fingerprint density at radius 2 is 1.97 bits per heavy atom. The van der Waals surface area contributed by atoms with Crippen molar-refractivity contribution in [2.75, 3.05) is 0 Å². The number of hydrogen-bond donors (Lipinski definition) is 2. The third-order valence-electron chi connectivity index (χ3n) is 4.23. The van der Waals surface area contributed by atoms with E-state index in [2.05, 4.69) is 15.6 Å². The summed E-state index contributed by atoms with van der Waals surface area (Å²) in [5.74, 6) is -0.111. The van der Waals surface area contributed by atoms with Crippen molar-refractivity contribution in [2.45, 2.75) is 19.9 Å². The van der Waals surface area contributed by atoms with Crippen molar-refractivity contribution in [1.29, 1.82) is 0 Å². The summed E-state index contributed by atoms with van der Waals surface area (Å²) < 4.78 is 5.93. The summed E-state index contributed by atoms with van der Waals surface area (Å²) in [5, 5.41) is 5.44. The molecule has 7 nitrogen and oxygen atoms in total. The molecule has 0 aliphatic carbocycles. The Morgan fingerprint density at radius 1 is 1.21 bits per heavy atom. The fourth-order valence-electron chi connectivity index (χ4n) is 2.96. The Hall–Kier alpha value is -3.39. The van der Waals surface area contributed by atoms with Crippen molar-refractivity contribution < 1.29 is 18.8 Å². The van der Waals surface area contributed by atoms with Crippen LogP contribution in [0.3, 0.4) is 0 Å².